The Labute approximate surface area is 135 Å². The summed E-state index contributed by atoms with van der Waals surface area (Å²) in [7, 11) is -3.20. The Bertz CT molecular complexity index is 894. The predicted molar refractivity (Wildman–Crippen MR) is 91.4 cm³/mol. The quantitative estimate of drug-likeness (QED) is 0.679. The number of rotatable bonds is 2. The van der Waals surface area contributed by atoms with E-state index in [4.69, 9.17) is 0 Å². The van der Waals surface area contributed by atoms with Gasteiger partial charge in [-0.2, -0.15) is 0 Å². The van der Waals surface area contributed by atoms with Crippen LogP contribution in [0.4, 0.5) is 0 Å². The molecule has 0 unspecified atom stereocenters. The highest BCUT2D eigenvalue weighted by Gasteiger charge is 2.20. The number of benzene rings is 2. The molecular formula is C18H17NO3S. The minimum atomic E-state index is -3.20. The molecule has 0 bridgehead atoms. The van der Waals surface area contributed by atoms with Crippen molar-refractivity contribution in [3.05, 3.63) is 65.2 Å². The number of aryl methyl sites for hydroxylation is 1. The Morgan fingerprint density at radius 3 is 2.39 bits per heavy atom. The molecule has 1 aliphatic carbocycles. The summed E-state index contributed by atoms with van der Waals surface area (Å²) in [5.74, 6) is 0. The molecule has 0 aromatic heterocycles. The number of fused-ring (bicyclic) bond motifs is 1. The lowest BCUT2D eigenvalue weighted by Gasteiger charge is -2.20. The highest BCUT2D eigenvalue weighted by molar-refractivity contribution is 7.90. The Morgan fingerprint density at radius 1 is 1.04 bits per heavy atom. The van der Waals surface area contributed by atoms with Crippen molar-refractivity contribution in [3.63, 3.8) is 0 Å². The largest absolute Gasteiger partial charge is 0.411 e. The molecule has 0 aliphatic heterocycles. The summed E-state index contributed by atoms with van der Waals surface area (Å²) in [6.45, 7) is 0. The van der Waals surface area contributed by atoms with Gasteiger partial charge in [0, 0.05) is 11.8 Å². The van der Waals surface area contributed by atoms with Gasteiger partial charge < -0.3 is 5.21 Å². The van der Waals surface area contributed by atoms with Crippen LogP contribution >= 0.6 is 0 Å². The first-order chi connectivity index (χ1) is 11.0. The fraction of sp³-hybridized carbons (Fsp3) is 0.167. The first-order valence-electron chi connectivity index (χ1n) is 7.30. The van der Waals surface area contributed by atoms with Crippen LogP contribution in [0.15, 0.2) is 58.6 Å². The van der Waals surface area contributed by atoms with E-state index in [9.17, 15) is 13.6 Å². The third-order valence-electron chi connectivity index (χ3n) is 3.99. The second kappa shape index (κ2) is 6.01. The molecule has 0 amide bonds. The Hall–Kier alpha value is -2.40. The molecule has 5 heteroatoms. The number of hydrogen-bond donors (Lipinski definition) is 1. The molecule has 0 heterocycles. The van der Waals surface area contributed by atoms with Gasteiger partial charge in [0.15, 0.2) is 9.84 Å². The molecule has 0 atom stereocenters. The van der Waals surface area contributed by atoms with Crippen molar-refractivity contribution in [1.82, 2.24) is 0 Å². The summed E-state index contributed by atoms with van der Waals surface area (Å²) in [5.41, 5.74) is 4.67. The standard InChI is InChI=1S/C18H17NO3S/c1-23(21,22)15-9-6-13(7-10-15)12-17-16-5-3-2-4-14(16)8-11-18(17)19-20/h2-7,9-10,12,20H,8,11H2,1H3/b17-12+,19-18+. The first kappa shape index (κ1) is 15.5. The van der Waals surface area contributed by atoms with E-state index in [0.717, 1.165) is 23.1 Å². The number of hydrogen-bond acceptors (Lipinski definition) is 4. The van der Waals surface area contributed by atoms with Gasteiger partial charge in [-0.1, -0.05) is 41.6 Å². The van der Waals surface area contributed by atoms with E-state index in [0.29, 0.717) is 17.0 Å². The minimum Gasteiger partial charge on any atom is -0.411 e. The highest BCUT2D eigenvalue weighted by Crippen LogP contribution is 2.30. The molecule has 1 N–H and O–H groups in total. The van der Waals surface area contributed by atoms with Gasteiger partial charge in [0.1, 0.15) is 0 Å². The molecule has 0 saturated carbocycles. The first-order valence-corrected chi connectivity index (χ1v) is 9.19. The molecule has 118 valence electrons. The third kappa shape index (κ3) is 3.19. The van der Waals surface area contributed by atoms with Crippen molar-refractivity contribution >= 4 is 27.2 Å². The fourth-order valence-electron chi connectivity index (χ4n) is 2.79. The zero-order chi connectivity index (χ0) is 16.4. The lowest BCUT2D eigenvalue weighted by Crippen LogP contribution is -2.12. The minimum absolute atomic E-state index is 0.291. The SMILES string of the molecule is CS(=O)(=O)c1ccc(/C=C2/C(=N/O)CCc3ccccc32)cc1. The maximum absolute atomic E-state index is 11.5. The van der Waals surface area contributed by atoms with Crippen LogP contribution < -0.4 is 0 Å². The molecular weight excluding hydrogens is 310 g/mol. The summed E-state index contributed by atoms with van der Waals surface area (Å²) in [6, 6.07) is 14.7. The van der Waals surface area contributed by atoms with Crippen LogP contribution in [-0.4, -0.2) is 25.6 Å². The molecule has 0 fully saturated rings. The molecule has 3 rings (SSSR count). The number of nitrogens with zero attached hydrogens (tertiary/aromatic N) is 1. The van der Waals surface area contributed by atoms with Gasteiger partial charge in [0.05, 0.1) is 10.6 Å². The van der Waals surface area contributed by atoms with E-state index in [-0.39, 0.29) is 0 Å². The van der Waals surface area contributed by atoms with E-state index in [2.05, 4.69) is 11.2 Å². The molecule has 4 nitrogen and oxygen atoms in total. The lowest BCUT2D eigenvalue weighted by molar-refractivity contribution is 0.318. The van der Waals surface area contributed by atoms with Crippen molar-refractivity contribution < 1.29 is 13.6 Å². The summed E-state index contributed by atoms with van der Waals surface area (Å²) in [6.07, 6.45) is 4.65. The molecule has 1 aliphatic rings. The topological polar surface area (TPSA) is 66.7 Å². The van der Waals surface area contributed by atoms with Crippen LogP contribution in [0.25, 0.3) is 11.6 Å². The van der Waals surface area contributed by atoms with Gasteiger partial charge in [0.25, 0.3) is 0 Å². The van der Waals surface area contributed by atoms with Crippen LogP contribution in [0, 0.1) is 0 Å². The summed E-state index contributed by atoms with van der Waals surface area (Å²) in [5, 5.41) is 12.7. The normalized spacial score (nSPS) is 18.1. The van der Waals surface area contributed by atoms with E-state index in [1.54, 1.807) is 24.3 Å². The Balaban J connectivity index is 2.07. The Kier molecular flexibility index (Phi) is 4.05. The van der Waals surface area contributed by atoms with Crippen LogP contribution in [-0.2, 0) is 16.3 Å². The average Bonchev–Trinajstić information content (AvgIpc) is 2.55. The number of oxime groups is 1. The van der Waals surface area contributed by atoms with Crippen molar-refractivity contribution in [2.75, 3.05) is 6.26 Å². The summed E-state index contributed by atoms with van der Waals surface area (Å²) < 4.78 is 23.1. The number of allylic oxidation sites excluding steroid dienone is 1. The fourth-order valence-corrected chi connectivity index (χ4v) is 3.42. The van der Waals surface area contributed by atoms with Crippen molar-refractivity contribution in [2.45, 2.75) is 17.7 Å². The van der Waals surface area contributed by atoms with Gasteiger partial charge in [-0.05, 0) is 47.7 Å². The van der Waals surface area contributed by atoms with Crippen LogP contribution in [0.1, 0.15) is 23.1 Å². The van der Waals surface area contributed by atoms with Gasteiger partial charge >= 0.3 is 0 Å². The molecule has 2 aromatic rings. The third-order valence-corrected chi connectivity index (χ3v) is 5.12. The highest BCUT2D eigenvalue weighted by atomic mass is 32.2. The smallest absolute Gasteiger partial charge is 0.175 e. The molecule has 0 saturated heterocycles. The van der Waals surface area contributed by atoms with E-state index >= 15 is 0 Å². The monoisotopic (exact) mass is 327 g/mol. The van der Waals surface area contributed by atoms with E-state index < -0.39 is 9.84 Å². The average molecular weight is 327 g/mol. The molecule has 0 spiro atoms. The van der Waals surface area contributed by atoms with Crippen LogP contribution in [0.2, 0.25) is 0 Å². The maximum atomic E-state index is 11.5. The number of sulfone groups is 1. The summed E-state index contributed by atoms with van der Waals surface area (Å²) >= 11 is 0. The van der Waals surface area contributed by atoms with Crippen molar-refractivity contribution in [3.8, 4) is 0 Å². The van der Waals surface area contributed by atoms with Gasteiger partial charge in [-0.15, -0.1) is 0 Å². The van der Waals surface area contributed by atoms with Crippen LogP contribution in [0.3, 0.4) is 0 Å². The van der Waals surface area contributed by atoms with Crippen LogP contribution in [0.5, 0.6) is 0 Å². The lowest BCUT2D eigenvalue weighted by atomic mass is 9.85. The Morgan fingerprint density at radius 2 is 1.74 bits per heavy atom. The maximum Gasteiger partial charge on any atom is 0.175 e. The molecule has 2 aromatic carbocycles. The van der Waals surface area contributed by atoms with E-state index in [1.807, 2.05) is 24.3 Å². The zero-order valence-electron chi connectivity index (χ0n) is 12.7. The van der Waals surface area contributed by atoms with Gasteiger partial charge in [-0.3, -0.25) is 0 Å². The summed E-state index contributed by atoms with van der Waals surface area (Å²) in [4.78, 5) is 0.291. The van der Waals surface area contributed by atoms with Gasteiger partial charge in [-0.25, -0.2) is 8.42 Å². The van der Waals surface area contributed by atoms with E-state index in [1.165, 1.54) is 11.8 Å². The second-order valence-corrected chi connectivity index (χ2v) is 7.62. The van der Waals surface area contributed by atoms with Gasteiger partial charge in [0.2, 0.25) is 0 Å². The van der Waals surface area contributed by atoms with Crippen molar-refractivity contribution in [1.29, 1.82) is 0 Å². The second-order valence-electron chi connectivity index (χ2n) is 5.60. The molecule has 23 heavy (non-hydrogen) atoms. The van der Waals surface area contributed by atoms with Crippen molar-refractivity contribution in [2.24, 2.45) is 5.16 Å². The predicted octanol–water partition coefficient (Wildman–Crippen LogP) is 3.41. The molecule has 0 radical (unpaired) electrons. The zero-order valence-corrected chi connectivity index (χ0v) is 13.5.